The second kappa shape index (κ2) is 6.03. The van der Waals surface area contributed by atoms with Gasteiger partial charge in [-0.05, 0) is 43.3 Å². The molecule has 0 spiro atoms. The van der Waals surface area contributed by atoms with E-state index in [1.54, 1.807) is 25.1 Å². The highest BCUT2D eigenvalue weighted by atomic mass is 79.9. The lowest BCUT2D eigenvalue weighted by Gasteiger charge is -2.30. The first-order valence-corrected chi connectivity index (χ1v) is 7.29. The van der Waals surface area contributed by atoms with Gasteiger partial charge in [-0.1, -0.05) is 33.6 Å². The van der Waals surface area contributed by atoms with Crippen LogP contribution in [0.5, 0.6) is 0 Å². The summed E-state index contributed by atoms with van der Waals surface area (Å²) in [4.78, 5) is 11.9. The molecule has 110 valence electrons. The van der Waals surface area contributed by atoms with E-state index in [1.807, 2.05) is 0 Å². The molecule has 0 aliphatic rings. The normalized spacial score (nSPS) is 13.5. The molecule has 1 unspecified atom stereocenters. The average molecular weight is 372 g/mol. The molecule has 2 rings (SSSR count). The minimum Gasteiger partial charge on any atom is -0.368 e. The van der Waals surface area contributed by atoms with E-state index in [4.69, 9.17) is 17.3 Å². The van der Waals surface area contributed by atoms with E-state index in [1.165, 1.54) is 24.3 Å². The molecule has 0 saturated carbocycles. The van der Waals surface area contributed by atoms with Gasteiger partial charge in [-0.3, -0.25) is 4.79 Å². The maximum atomic E-state index is 13.0. The summed E-state index contributed by atoms with van der Waals surface area (Å²) in [6, 6.07) is 10.8. The summed E-state index contributed by atoms with van der Waals surface area (Å²) in [5.74, 6) is -0.945. The van der Waals surface area contributed by atoms with Crippen molar-refractivity contribution < 1.29 is 9.18 Å². The Morgan fingerprint density at radius 3 is 2.43 bits per heavy atom. The van der Waals surface area contributed by atoms with Crippen LogP contribution in [0.3, 0.4) is 0 Å². The molecule has 0 aliphatic heterocycles. The molecule has 3 nitrogen and oxygen atoms in total. The number of halogens is 3. The lowest BCUT2D eigenvalue weighted by Crippen LogP contribution is -2.45. The van der Waals surface area contributed by atoms with Gasteiger partial charge in [0.1, 0.15) is 11.4 Å². The first-order chi connectivity index (χ1) is 9.83. The summed E-state index contributed by atoms with van der Waals surface area (Å²) >= 11 is 9.52. The van der Waals surface area contributed by atoms with Gasteiger partial charge in [-0.2, -0.15) is 0 Å². The van der Waals surface area contributed by atoms with Crippen molar-refractivity contribution >= 4 is 39.1 Å². The molecular formula is C15H13BrClFN2O. The Morgan fingerprint density at radius 2 is 1.90 bits per heavy atom. The first-order valence-electron chi connectivity index (χ1n) is 6.12. The molecular weight excluding hydrogens is 359 g/mol. The van der Waals surface area contributed by atoms with Gasteiger partial charge in [0, 0.05) is 20.7 Å². The predicted molar refractivity (Wildman–Crippen MR) is 85.7 cm³/mol. The monoisotopic (exact) mass is 370 g/mol. The van der Waals surface area contributed by atoms with Gasteiger partial charge < -0.3 is 11.1 Å². The summed E-state index contributed by atoms with van der Waals surface area (Å²) in [6.07, 6.45) is 0. The zero-order valence-corrected chi connectivity index (χ0v) is 13.5. The SMILES string of the molecule is CC(Nc1ccc(F)cc1)(C(N)=O)c1ccc(Br)cc1Cl. The minimum atomic E-state index is -1.21. The van der Waals surface area contributed by atoms with Gasteiger partial charge >= 0.3 is 0 Å². The second-order valence-electron chi connectivity index (χ2n) is 4.75. The highest BCUT2D eigenvalue weighted by Crippen LogP contribution is 2.33. The molecule has 0 bridgehead atoms. The maximum Gasteiger partial charge on any atom is 0.247 e. The van der Waals surface area contributed by atoms with Crippen molar-refractivity contribution in [3.8, 4) is 0 Å². The summed E-state index contributed by atoms with van der Waals surface area (Å²) < 4.78 is 13.8. The zero-order chi connectivity index (χ0) is 15.6. The van der Waals surface area contributed by atoms with E-state index >= 15 is 0 Å². The quantitative estimate of drug-likeness (QED) is 0.852. The number of benzene rings is 2. The van der Waals surface area contributed by atoms with Crippen LogP contribution in [-0.4, -0.2) is 5.91 Å². The van der Waals surface area contributed by atoms with E-state index in [0.717, 1.165) is 4.47 Å². The van der Waals surface area contributed by atoms with Gasteiger partial charge in [-0.25, -0.2) is 4.39 Å². The third kappa shape index (κ3) is 3.36. The molecule has 21 heavy (non-hydrogen) atoms. The first kappa shape index (κ1) is 15.8. The Morgan fingerprint density at radius 1 is 1.29 bits per heavy atom. The van der Waals surface area contributed by atoms with Crippen LogP contribution in [-0.2, 0) is 10.3 Å². The lowest BCUT2D eigenvalue weighted by atomic mass is 9.90. The third-order valence-corrected chi connectivity index (χ3v) is 4.01. The standard InChI is InChI=1S/C15H13BrClFN2O/c1-15(14(19)21,12-7-2-9(16)8-13(12)17)20-11-5-3-10(18)4-6-11/h2-8,20H,1H3,(H2,19,21). The van der Waals surface area contributed by atoms with Crippen molar-refractivity contribution in [3.63, 3.8) is 0 Å². The molecule has 0 radical (unpaired) electrons. The van der Waals surface area contributed by atoms with Crippen LogP contribution in [0.1, 0.15) is 12.5 Å². The number of amides is 1. The van der Waals surface area contributed by atoms with Crippen LogP contribution < -0.4 is 11.1 Å². The Balaban J connectivity index is 2.45. The van der Waals surface area contributed by atoms with Gasteiger partial charge in [0.2, 0.25) is 5.91 Å². The molecule has 0 fully saturated rings. The van der Waals surface area contributed by atoms with Crippen LogP contribution >= 0.6 is 27.5 Å². The molecule has 0 aromatic heterocycles. The second-order valence-corrected chi connectivity index (χ2v) is 6.07. The van der Waals surface area contributed by atoms with Crippen LogP contribution in [0.25, 0.3) is 0 Å². The van der Waals surface area contributed by atoms with Crippen molar-refractivity contribution in [3.05, 3.63) is 63.3 Å². The fourth-order valence-electron chi connectivity index (χ4n) is 1.98. The molecule has 2 aromatic rings. The minimum absolute atomic E-state index is 0.358. The van der Waals surface area contributed by atoms with Crippen LogP contribution in [0, 0.1) is 5.82 Å². The van der Waals surface area contributed by atoms with Crippen LogP contribution in [0.4, 0.5) is 10.1 Å². The topological polar surface area (TPSA) is 55.1 Å². The van der Waals surface area contributed by atoms with Gasteiger partial charge in [0.15, 0.2) is 0 Å². The van der Waals surface area contributed by atoms with Crippen molar-refractivity contribution in [2.75, 3.05) is 5.32 Å². The Hall–Kier alpha value is -1.59. The molecule has 0 heterocycles. The third-order valence-electron chi connectivity index (χ3n) is 3.20. The number of carbonyl (C=O) groups is 1. The summed E-state index contributed by atoms with van der Waals surface area (Å²) in [5.41, 5.74) is 5.44. The highest BCUT2D eigenvalue weighted by Gasteiger charge is 2.35. The molecule has 6 heteroatoms. The van der Waals surface area contributed by atoms with E-state index in [2.05, 4.69) is 21.2 Å². The fourth-order valence-corrected chi connectivity index (χ4v) is 2.84. The van der Waals surface area contributed by atoms with Crippen molar-refractivity contribution in [1.29, 1.82) is 0 Å². The zero-order valence-electron chi connectivity index (χ0n) is 11.2. The van der Waals surface area contributed by atoms with Crippen LogP contribution in [0.15, 0.2) is 46.9 Å². The molecule has 1 amide bonds. The Labute approximate surface area is 135 Å². The van der Waals surface area contributed by atoms with Crippen molar-refractivity contribution in [2.45, 2.75) is 12.5 Å². The number of hydrogen-bond acceptors (Lipinski definition) is 2. The summed E-state index contributed by atoms with van der Waals surface area (Å²) in [5, 5.41) is 3.42. The number of rotatable bonds is 4. The van der Waals surface area contributed by atoms with E-state index in [-0.39, 0.29) is 5.82 Å². The number of nitrogens with one attached hydrogen (secondary N) is 1. The number of anilines is 1. The number of nitrogens with two attached hydrogens (primary N) is 1. The number of hydrogen-bond donors (Lipinski definition) is 2. The van der Waals surface area contributed by atoms with E-state index in [0.29, 0.717) is 16.3 Å². The molecule has 0 saturated heterocycles. The molecule has 1 atom stereocenters. The van der Waals surface area contributed by atoms with Gasteiger partial charge in [-0.15, -0.1) is 0 Å². The fraction of sp³-hybridized carbons (Fsp3) is 0.133. The number of carbonyl (C=O) groups excluding carboxylic acids is 1. The number of primary amides is 1. The van der Waals surface area contributed by atoms with Crippen LogP contribution in [0.2, 0.25) is 5.02 Å². The molecule has 3 N–H and O–H groups in total. The van der Waals surface area contributed by atoms with Crippen molar-refractivity contribution in [2.24, 2.45) is 5.73 Å². The molecule has 0 aliphatic carbocycles. The highest BCUT2D eigenvalue weighted by molar-refractivity contribution is 9.10. The predicted octanol–water partition coefficient (Wildman–Crippen LogP) is 4.05. The smallest absolute Gasteiger partial charge is 0.247 e. The largest absolute Gasteiger partial charge is 0.368 e. The maximum absolute atomic E-state index is 13.0. The molecule has 2 aromatic carbocycles. The van der Waals surface area contributed by atoms with Crippen molar-refractivity contribution in [1.82, 2.24) is 0 Å². The van der Waals surface area contributed by atoms with E-state index < -0.39 is 11.4 Å². The Kier molecular flexibility index (Phi) is 4.54. The summed E-state index contributed by atoms with van der Waals surface area (Å²) in [6.45, 7) is 1.63. The Bertz CT molecular complexity index is 678. The van der Waals surface area contributed by atoms with E-state index in [9.17, 15) is 9.18 Å². The lowest BCUT2D eigenvalue weighted by molar-refractivity contribution is -0.122. The summed E-state index contributed by atoms with van der Waals surface area (Å²) in [7, 11) is 0. The van der Waals surface area contributed by atoms with Gasteiger partial charge in [0.25, 0.3) is 0 Å². The van der Waals surface area contributed by atoms with Gasteiger partial charge in [0.05, 0.1) is 0 Å². The average Bonchev–Trinajstić information content (AvgIpc) is 2.41.